The SMILES string of the molecule is CCSCC(O)(C(Nc1cccc2nc(C)ccc12)c1ccc(F)c(O)c1)C(F)(F)F. The highest BCUT2D eigenvalue weighted by Crippen LogP contribution is 2.45. The van der Waals surface area contributed by atoms with Gasteiger partial charge in [-0.05, 0) is 54.6 Å². The first-order valence-corrected chi connectivity index (χ1v) is 10.7. The Hall–Kier alpha value is -2.52. The number of benzene rings is 2. The summed E-state index contributed by atoms with van der Waals surface area (Å²) >= 11 is 0.929. The lowest BCUT2D eigenvalue weighted by Gasteiger charge is -2.39. The van der Waals surface area contributed by atoms with E-state index < -0.39 is 35.1 Å². The van der Waals surface area contributed by atoms with Crippen LogP contribution in [0.1, 0.15) is 24.2 Å². The molecular weight excluding hydrogens is 432 g/mol. The maximum absolute atomic E-state index is 14.2. The molecule has 0 saturated heterocycles. The van der Waals surface area contributed by atoms with Crippen molar-refractivity contribution in [2.75, 3.05) is 16.8 Å². The van der Waals surface area contributed by atoms with E-state index in [-0.39, 0.29) is 5.56 Å². The van der Waals surface area contributed by atoms with Crippen LogP contribution in [-0.4, -0.2) is 38.5 Å². The maximum atomic E-state index is 14.2. The molecule has 2 atom stereocenters. The van der Waals surface area contributed by atoms with Gasteiger partial charge in [0.05, 0.1) is 11.6 Å². The van der Waals surface area contributed by atoms with Gasteiger partial charge >= 0.3 is 6.18 Å². The number of aromatic nitrogens is 1. The number of fused-ring (bicyclic) bond motifs is 1. The Morgan fingerprint density at radius 2 is 1.87 bits per heavy atom. The van der Waals surface area contributed by atoms with E-state index in [4.69, 9.17) is 0 Å². The number of alkyl halides is 3. The molecule has 166 valence electrons. The summed E-state index contributed by atoms with van der Waals surface area (Å²) in [5.74, 6) is -2.06. The Morgan fingerprint density at radius 1 is 1.13 bits per heavy atom. The second-order valence-corrected chi connectivity index (χ2v) is 8.45. The highest BCUT2D eigenvalue weighted by molar-refractivity contribution is 7.99. The van der Waals surface area contributed by atoms with Gasteiger partial charge in [0.25, 0.3) is 0 Å². The molecular formula is C22H22F4N2O2S. The average Bonchev–Trinajstić information content (AvgIpc) is 2.71. The molecule has 3 N–H and O–H groups in total. The van der Waals surface area contributed by atoms with Crippen molar-refractivity contribution in [2.45, 2.75) is 31.7 Å². The molecule has 0 fully saturated rings. The van der Waals surface area contributed by atoms with Gasteiger partial charge in [0, 0.05) is 22.5 Å². The van der Waals surface area contributed by atoms with Gasteiger partial charge in [-0.3, -0.25) is 4.98 Å². The summed E-state index contributed by atoms with van der Waals surface area (Å²) in [7, 11) is 0. The van der Waals surface area contributed by atoms with Crippen LogP contribution in [0.4, 0.5) is 23.2 Å². The van der Waals surface area contributed by atoms with E-state index >= 15 is 0 Å². The molecule has 2 aromatic carbocycles. The molecule has 0 amide bonds. The number of aliphatic hydroxyl groups is 1. The van der Waals surface area contributed by atoms with E-state index in [0.717, 1.165) is 35.7 Å². The third-order valence-corrected chi connectivity index (χ3v) is 6.02. The van der Waals surface area contributed by atoms with E-state index in [1.165, 1.54) is 0 Å². The fraction of sp³-hybridized carbons (Fsp3) is 0.318. The molecule has 3 aromatic rings. The summed E-state index contributed by atoms with van der Waals surface area (Å²) in [5.41, 5.74) is -1.66. The topological polar surface area (TPSA) is 65.4 Å². The van der Waals surface area contributed by atoms with Crippen LogP contribution in [0.15, 0.2) is 48.5 Å². The number of halogens is 4. The Kier molecular flexibility index (Phi) is 6.66. The van der Waals surface area contributed by atoms with Crippen molar-refractivity contribution in [3.63, 3.8) is 0 Å². The molecule has 9 heteroatoms. The van der Waals surface area contributed by atoms with Gasteiger partial charge in [0.15, 0.2) is 17.2 Å². The zero-order valence-electron chi connectivity index (χ0n) is 16.9. The second kappa shape index (κ2) is 8.92. The number of hydrogen-bond donors (Lipinski definition) is 3. The first-order chi connectivity index (χ1) is 14.6. The highest BCUT2D eigenvalue weighted by Gasteiger charge is 2.59. The minimum Gasteiger partial charge on any atom is -0.505 e. The summed E-state index contributed by atoms with van der Waals surface area (Å²) in [6, 6.07) is 9.59. The number of hydrogen-bond acceptors (Lipinski definition) is 5. The number of aryl methyl sites for hydroxylation is 1. The number of nitrogens with zero attached hydrogens (tertiary/aromatic N) is 1. The van der Waals surface area contributed by atoms with Crippen LogP contribution in [0.5, 0.6) is 5.75 Å². The number of anilines is 1. The fourth-order valence-electron chi connectivity index (χ4n) is 3.31. The van der Waals surface area contributed by atoms with Crippen molar-refractivity contribution < 1.29 is 27.8 Å². The average molecular weight is 454 g/mol. The van der Waals surface area contributed by atoms with Gasteiger partial charge in [-0.1, -0.05) is 19.1 Å². The zero-order valence-corrected chi connectivity index (χ0v) is 17.7. The minimum absolute atomic E-state index is 0.104. The lowest BCUT2D eigenvalue weighted by atomic mass is 9.88. The van der Waals surface area contributed by atoms with Gasteiger partial charge in [0.2, 0.25) is 0 Å². The first kappa shape index (κ1) is 23.1. The Balaban J connectivity index is 2.17. The van der Waals surface area contributed by atoms with Gasteiger partial charge in [0.1, 0.15) is 0 Å². The summed E-state index contributed by atoms with van der Waals surface area (Å²) < 4.78 is 56.1. The van der Waals surface area contributed by atoms with Crippen molar-refractivity contribution in [3.05, 3.63) is 65.6 Å². The Labute approximate surface area is 181 Å². The largest absolute Gasteiger partial charge is 0.505 e. The molecule has 31 heavy (non-hydrogen) atoms. The third kappa shape index (κ3) is 4.72. The van der Waals surface area contributed by atoms with Crippen molar-refractivity contribution in [1.29, 1.82) is 0 Å². The number of thioether (sulfide) groups is 1. The number of rotatable bonds is 7. The van der Waals surface area contributed by atoms with Gasteiger partial charge in [-0.15, -0.1) is 0 Å². The molecule has 0 aliphatic carbocycles. The van der Waals surface area contributed by atoms with Gasteiger partial charge < -0.3 is 15.5 Å². The van der Waals surface area contributed by atoms with Crippen LogP contribution < -0.4 is 5.32 Å². The van der Waals surface area contributed by atoms with Crippen molar-refractivity contribution in [2.24, 2.45) is 0 Å². The monoisotopic (exact) mass is 454 g/mol. The lowest BCUT2D eigenvalue weighted by Crippen LogP contribution is -2.54. The fourth-order valence-corrected chi connectivity index (χ4v) is 4.16. The molecule has 3 rings (SSSR count). The van der Waals surface area contributed by atoms with Crippen LogP contribution in [-0.2, 0) is 0 Å². The van der Waals surface area contributed by atoms with E-state index in [2.05, 4.69) is 10.3 Å². The normalized spacial score (nSPS) is 14.9. The third-order valence-electron chi connectivity index (χ3n) is 4.97. The second-order valence-electron chi connectivity index (χ2n) is 7.17. The standard InChI is InChI=1S/C22H22F4N2O2S/c1-3-31-12-21(30,22(24,25)26)20(14-8-10-16(23)19(29)11-14)28-18-6-4-5-17-15(18)9-7-13(2)27-17/h4-11,20,28-30H,3,12H2,1-2H3. The maximum Gasteiger partial charge on any atom is 0.420 e. The molecule has 1 aromatic heterocycles. The highest BCUT2D eigenvalue weighted by atomic mass is 32.2. The van der Waals surface area contributed by atoms with E-state index in [0.29, 0.717) is 22.3 Å². The Bertz CT molecular complexity index is 1080. The molecule has 2 unspecified atom stereocenters. The van der Waals surface area contributed by atoms with Gasteiger partial charge in [-0.25, -0.2) is 4.39 Å². The number of aromatic hydroxyl groups is 1. The van der Waals surface area contributed by atoms with Crippen LogP contribution in [0.25, 0.3) is 10.9 Å². The van der Waals surface area contributed by atoms with Crippen LogP contribution in [0.2, 0.25) is 0 Å². The lowest BCUT2D eigenvalue weighted by molar-refractivity contribution is -0.256. The molecule has 0 aliphatic rings. The molecule has 0 bridgehead atoms. The number of nitrogens with one attached hydrogen (secondary N) is 1. The van der Waals surface area contributed by atoms with E-state index in [9.17, 15) is 27.8 Å². The summed E-state index contributed by atoms with van der Waals surface area (Å²) in [5, 5.41) is 24.1. The number of phenolic OH excluding ortho intramolecular Hbond substituents is 1. The van der Waals surface area contributed by atoms with Crippen LogP contribution in [0.3, 0.4) is 0 Å². The van der Waals surface area contributed by atoms with Crippen molar-refractivity contribution in [1.82, 2.24) is 4.98 Å². The van der Waals surface area contributed by atoms with Crippen LogP contribution in [0, 0.1) is 12.7 Å². The minimum atomic E-state index is -5.00. The molecule has 0 saturated carbocycles. The summed E-state index contributed by atoms with van der Waals surface area (Å²) in [6.07, 6.45) is -5.00. The van der Waals surface area contributed by atoms with Crippen molar-refractivity contribution in [3.8, 4) is 5.75 Å². The predicted molar refractivity (Wildman–Crippen MR) is 115 cm³/mol. The molecule has 1 heterocycles. The molecule has 0 spiro atoms. The van der Waals surface area contributed by atoms with Crippen molar-refractivity contribution >= 4 is 28.4 Å². The smallest absolute Gasteiger partial charge is 0.420 e. The predicted octanol–water partition coefficient (Wildman–Crippen LogP) is 5.59. The van der Waals surface area contributed by atoms with Gasteiger partial charge in [-0.2, -0.15) is 24.9 Å². The summed E-state index contributed by atoms with van der Waals surface area (Å²) in [6.45, 7) is 3.49. The number of phenols is 1. The van der Waals surface area contributed by atoms with E-state index in [1.807, 2.05) is 0 Å². The molecule has 0 aliphatic heterocycles. The van der Waals surface area contributed by atoms with E-state index in [1.54, 1.807) is 44.2 Å². The Morgan fingerprint density at radius 3 is 2.52 bits per heavy atom. The number of pyridine rings is 1. The van der Waals surface area contributed by atoms with Crippen LogP contribution >= 0.6 is 11.8 Å². The quantitative estimate of drug-likeness (QED) is 0.407. The zero-order chi connectivity index (χ0) is 22.8. The molecule has 4 nitrogen and oxygen atoms in total. The first-order valence-electron chi connectivity index (χ1n) is 9.55. The summed E-state index contributed by atoms with van der Waals surface area (Å²) in [4.78, 5) is 4.38. The molecule has 0 radical (unpaired) electrons.